The van der Waals surface area contributed by atoms with E-state index in [-0.39, 0.29) is 5.82 Å². The summed E-state index contributed by atoms with van der Waals surface area (Å²) in [6.45, 7) is 2.22. The van der Waals surface area contributed by atoms with Crippen LogP contribution in [-0.2, 0) is 5.60 Å². The van der Waals surface area contributed by atoms with Crippen LogP contribution in [0, 0.1) is 17.7 Å². The molecule has 1 fully saturated rings. The summed E-state index contributed by atoms with van der Waals surface area (Å²) in [4.78, 5) is 2.22. The van der Waals surface area contributed by atoms with E-state index in [4.69, 9.17) is 11.6 Å². The summed E-state index contributed by atoms with van der Waals surface area (Å²) >= 11 is 5.91. The lowest BCUT2D eigenvalue weighted by Gasteiger charge is -2.37. The SMILES string of the molecule is OC1(c2ccc(Cl)cc2)CCN(CC#Cc2ccc(F)cc2)CC1. The van der Waals surface area contributed by atoms with Crippen molar-refractivity contribution >= 4 is 11.6 Å². The number of nitrogens with zero attached hydrogens (tertiary/aromatic N) is 1. The fourth-order valence-electron chi connectivity index (χ4n) is 2.92. The van der Waals surface area contributed by atoms with E-state index in [1.807, 2.05) is 24.3 Å². The molecule has 1 aliphatic heterocycles. The molecule has 124 valence electrons. The predicted molar refractivity (Wildman–Crippen MR) is 94.3 cm³/mol. The molecular weight excluding hydrogens is 325 g/mol. The number of piperidine rings is 1. The normalized spacial score (nSPS) is 17.1. The van der Waals surface area contributed by atoms with Crippen molar-refractivity contribution in [1.29, 1.82) is 0 Å². The second-order valence-electron chi connectivity index (χ2n) is 6.12. The molecule has 0 radical (unpaired) electrons. The third-order valence-electron chi connectivity index (χ3n) is 4.44. The van der Waals surface area contributed by atoms with Gasteiger partial charge in [0.2, 0.25) is 0 Å². The van der Waals surface area contributed by atoms with Crippen molar-refractivity contribution in [2.75, 3.05) is 19.6 Å². The Labute approximate surface area is 146 Å². The van der Waals surface area contributed by atoms with Crippen LogP contribution in [0.25, 0.3) is 0 Å². The number of benzene rings is 2. The molecule has 4 heteroatoms. The van der Waals surface area contributed by atoms with Crippen LogP contribution in [0.2, 0.25) is 5.02 Å². The van der Waals surface area contributed by atoms with Gasteiger partial charge in [0.15, 0.2) is 0 Å². The summed E-state index contributed by atoms with van der Waals surface area (Å²) in [5, 5.41) is 11.5. The molecule has 0 saturated carbocycles. The van der Waals surface area contributed by atoms with E-state index >= 15 is 0 Å². The highest BCUT2D eigenvalue weighted by molar-refractivity contribution is 6.30. The molecule has 1 N–H and O–H groups in total. The minimum atomic E-state index is -0.786. The first kappa shape index (κ1) is 17.0. The van der Waals surface area contributed by atoms with Crippen molar-refractivity contribution in [3.63, 3.8) is 0 Å². The smallest absolute Gasteiger partial charge is 0.123 e. The minimum absolute atomic E-state index is 0.252. The van der Waals surface area contributed by atoms with Gasteiger partial charge in [-0.3, -0.25) is 4.90 Å². The fraction of sp³-hybridized carbons (Fsp3) is 0.300. The molecule has 0 atom stereocenters. The summed E-state index contributed by atoms with van der Waals surface area (Å²) < 4.78 is 12.8. The van der Waals surface area contributed by atoms with Crippen LogP contribution in [0.1, 0.15) is 24.0 Å². The summed E-state index contributed by atoms with van der Waals surface area (Å²) in [6, 6.07) is 13.6. The average molecular weight is 344 g/mol. The molecule has 0 aliphatic carbocycles. The van der Waals surface area contributed by atoms with Gasteiger partial charge in [-0.25, -0.2) is 4.39 Å². The van der Waals surface area contributed by atoms with E-state index < -0.39 is 5.60 Å². The molecule has 1 heterocycles. The Bertz CT molecular complexity index is 738. The van der Waals surface area contributed by atoms with Crippen molar-refractivity contribution in [3.8, 4) is 11.8 Å². The fourth-order valence-corrected chi connectivity index (χ4v) is 3.04. The van der Waals surface area contributed by atoms with Gasteiger partial charge < -0.3 is 5.11 Å². The minimum Gasteiger partial charge on any atom is -0.385 e. The van der Waals surface area contributed by atoms with Gasteiger partial charge in [-0.2, -0.15) is 0 Å². The molecule has 1 aliphatic rings. The average Bonchev–Trinajstić information content (AvgIpc) is 2.59. The van der Waals surface area contributed by atoms with Crippen molar-refractivity contribution in [2.45, 2.75) is 18.4 Å². The van der Waals surface area contributed by atoms with Gasteiger partial charge in [-0.1, -0.05) is 35.6 Å². The second-order valence-corrected chi connectivity index (χ2v) is 6.56. The number of likely N-dealkylation sites (tertiary alicyclic amines) is 1. The quantitative estimate of drug-likeness (QED) is 0.838. The van der Waals surface area contributed by atoms with E-state index in [9.17, 15) is 9.50 Å². The molecule has 24 heavy (non-hydrogen) atoms. The van der Waals surface area contributed by atoms with Crippen molar-refractivity contribution in [1.82, 2.24) is 4.90 Å². The van der Waals surface area contributed by atoms with Crippen molar-refractivity contribution < 1.29 is 9.50 Å². The predicted octanol–water partition coefficient (Wildman–Crippen LogP) is 3.81. The lowest BCUT2D eigenvalue weighted by atomic mass is 9.84. The van der Waals surface area contributed by atoms with Crippen LogP contribution in [0.4, 0.5) is 4.39 Å². The van der Waals surface area contributed by atoms with Gasteiger partial charge >= 0.3 is 0 Å². The molecule has 0 spiro atoms. The Morgan fingerprint density at radius 3 is 2.29 bits per heavy atom. The van der Waals surface area contributed by atoms with Gasteiger partial charge in [-0.15, -0.1) is 0 Å². The number of hydrogen-bond donors (Lipinski definition) is 1. The maximum atomic E-state index is 12.8. The number of hydrogen-bond acceptors (Lipinski definition) is 2. The molecule has 2 aromatic rings. The van der Waals surface area contributed by atoms with Gasteiger partial charge in [0.1, 0.15) is 5.82 Å². The molecule has 0 unspecified atom stereocenters. The zero-order valence-electron chi connectivity index (χ0n) is 13.3. The van der Waals surface area contributed by atoms with E-state index in [1.165, 1.54) is 12.1 Å². The lowest BCUT2D eigenvalue weighted by Crippen LogP contribution is -2.42. The summed E-state index contributed by atoms with van der Waals surface area (Å²) in [6.07, 6.45) is 1.35. The van der Waals surface area contributed by atoms with E-state index in [0.717, 1.165) is 24.2 Å². The van der Waals surface area contributed by atoms with Crippen molar-refractivity contribution in [3.05, 3.63) is 70.5 Å². The second kappa shape index (κ2) is 7.36. The van der Waals surface area contributed by atoms with Crippen LogP contribution in [-0.4, -0.2) is 29.6 Å². The lowest BCUT2D eigenvalue weighted by molar-refractivity contribution is -0.0229. The van der Waals surface area contributed by atoms with E-state index in [1.54, 1.807) is 12.1 Å². The van der Waals surface area contributed by atoms with Gasteiger partial charge in [0, 0.05) is 23.7 Å². The van der Waals surface area contributed by atoms with Crippen LogP contribution in [0.15, 0.2) is 48.5 Å². The number of rotatable bonds is 2. The van der Waals surface area contributed by atoms with Crippen LogP contribution in [0.3, 0.4) is 0 Å². The maximum Gasteiger partial charge on any atom is 0.123 e. The molecule has 3 rings (SSSR count). The Hall–Kier alpha value is -1.86. The van der Waals surface area contributed by atoms with E-state index in [2.05, 4.69) is 16.7 Å². The summed E-state index contributed by atoms with van der Waals surface area (Å²) in [7, 11) is 0. The summed E-state index contributed by atoms with van der Waals surface area (Å²) in [5.41, 5.74) is 0.945. The zero-order valence-corrected chi connectivity index (χ0v) is 14.1. The number of halogens is 2. The van der Waals surface area contributed by atoms with Crippen molar-refractivity contribution in [2.24, 2.45) is 0 Å². The van der Waals surface area contributed by atoms with Crippen LogP contribution in [0.5, 0.6) is 0 Å². The highest BCUT2D eigenvalue weighted by atomic mass is 35.5. The molecular formula is C20H19ClFNO. The largest absolute Gasteiger partial charge is 0.385 e. The van der Waals surface area contributed by atoms with Crippen LogP contribution < -0.4 is 0 Å². The first-order chi connectivity index (χ1) is 11.5. The monoisotopic (exact) mass is 343 g/mol. The Morgan fingerprint density at radius 1 is 1.04 bits per heavy atom. The topological polar surface area (TPSA) is 23.5 Å². The van der Waals surface area contributed by atoms with Gasteiger partial charge in [0.25, 0.3) is 0 Å². The highest BCUT2D eigenvalue weighted by Crippen LogP contribution is 2.33. The molecule has 1 saturated heterocycles. The Morgan fingerprint density at radius 2 is 1.67 bits per heavy atom. The summed E-state index contributed by atoms with van der Waals surface area (Å²) in [5.74, 6) is 5.91. The van der Waals surface area contributed by atoms with Crippen LogP contribution >= 0.6 is 11.6 Å². The third kappa shape index (κ3) is 4.15. The first-order valence-corrected chi connectivity index (χ1v) is 8.38. The van der Waals surface area contributed by atoms with Gasteiger partial charge in [-0.05, 0) is 54.8 Å². The molecule has 0 bridgehead atoms. The highest BCUT2D eigenvalue weighted by Gasteiger charge is 2.33. The van der Waals surface area contributed by atoms with E-state index in [0.29, 0.717) is 24.4 Å². The molecule has 2 nitrogen and oxygen atoms in total. The van der Waals surface area contributed by atoms with Gasteiger partial charge in [0.05, 0.1) is 12.1 Å². The Kier molecular flexibility index (Phi) is 5.20. The molecule has 0 aromatic heterocycles. The zero-order chi connectivity index (χ0) is 17.0. The third-order valence-corrected chi connectivity index (χ3v) is 4.70. The first-order valence-electron chi connectivity index (χ1n) is 8.00. The number of aliphatic hydroxyl groups is 1. The molecule has 0 amide bonds. The standard InChI is InChI=1S/C20H19ClFNO/c21-18-7-5-17(6-8-18)20(24)11-14-23(15-12-20)13-1-2-16-3-9-19(22)10-4-16/h3-10,24H,11-15H2. The Balaban J connectivity index is 1.55. The molecule has 2 aromatic carbocycles. The maximum absolute atomic E-state index is 12.8.